The Bertz CT molecular complexity index is 736. The predicted octanol–water partition coefficient (Wildman–Crippen LogP) is 3.78. The third-order valence-corrected chi connectivity index (χ3v) is 7.29. The van der Waals surface area contributed by atoms with Crippen molar-refractivity contribution in [2.45, 2.75) is 57.5 Å². The van der Waals surface area contributed by atoms with E-state index < -0.39 is 0 Å². The third kappa shape index (κ3) is 1.53. The van der Waals surface area contributed by atoms with Crippen LogP contribution in [0.3, 0.4) is 0 Å². The second kappa shape index (κ2) is 4.35. The lowest BCUT2D eigenvalue weighted by Crippen LogP contribution is -2.43. The van der Waals surface area contributed by atoms with Gasteiger partial charge >= 0.3 is 0 Å². The van der Waals surface area contributed by atoms with Gasteiger partial charge in [0.1, 0.15) is 0 Å². The summed E-state index contributed by atoms with van der Waals surface area (Å²) < 4.78 is 0. The first-order valence-electron chi connectivity index (χ1n) is 8.81. The highest BCUT2D eigenvalue weighted by Gasteiger charge is 2.54. The lowest BCUT2D eigenvalue weighted by Gasteiger charge is -2.50. The van der Waals surface area contributed by atoms with Gasteiger partial charge in [-0.2, -0.15) is 5.10 Å². The number of aryl methyl sites for hydroxylation is 1. The maximum atomic E-state index is 10.5. The molecule has 3 nitrogen and oxygen atoms in total. The molecule has 0 saturated heterocycles. The summed E-state index contributed by atoms with van der Waals surface area (Å²) in [4.78, 5) is 0. The van der Waals surface area contributed by atoms with Crippen molar-refractivity contribution in [2.75, 3.05) is 0 Å². The molecular formula is C19H24N2O. The average molecular weight is 296 g/mol. The molecule has 22 heavy (non-hydrogen) atoms. The average Bonchev–Trinajstić information content (AvgIpc) is 3.12. The Balaban J connectivity index is 1.59. The van der Waals surface area contributed by atoms with Crippen molar-refractivity contribution in [1.82, 2.24) is 10.2 Å². The maximum Gasteiger partial charge on any atom is 0.0653 e. The van der Waals surface area contributed by atoms with Crippen molar-refractivity contribution in [1.29, 1.82) is 0 Å². The predicted molar refractivity (Wildman–Crippen MR) is 86.7 cm³/mol. The van der Waals surface area contributed by atoms with Gasteiger partial charge in [0.25, 0.3) is 0 Å². The molecule has 1 heterocycles. The number of aliphatic hydroxyl groups excluding tert-OH is 1. The zero-order valence-electron chi connectivity index (χ0n) is 13.2. The molecule has 116 valence electrons. The Morgan fingerprint density at radius 3 is 3.05 bits per heavy atom. The van der Waals surface area contributed by atoms with Crippen LogP contribution in [0.5, 0.6) is 0 Å². The largest absolute Gasteiger partial charge is 0.393 e. The second-order valence-corrected chi connectivity index (χ2v) is 8.02. The Morgan fingerprint density at radius 2 is 2.14 bits per heavy atom. The van der Waals surface area contributed by atoms with Crippen molar-refractivity contribution in [2.24, 2.45) is 17.3 Å². The van der Waals surface area contributed by atoms with Crippen molar-refractivity contribution < 1.29 is 5.11 Å². The number of rotatable bonds is 0. The quantitative estimate of drug-likeness (QED) is 0.777. The molecule has 2 N–H and O–H groups in total. The summed E-state index contributed by atoms with van der Waals surface area (Å²) in [6.07, 6.45) is 9.05. The van der Waals surface area contributed by atoms with Gasteiger partial charge in [0, 0.05) is 5.39 Å². The summed E-state index contributed by atoms with van der Waals surface area (Å²) >= 11 is 0. The standard InChI is InChI=1S/C19H24N2O/c1-19-9-8-13-11-4-6-17-15(10-20-21-17)12(11)2-3-14(13)16(19)5-7-18(19)22/h4,6,10,13-14,16,18,22H,2-3,5,7-9H2,1H3,(H,20,21)/t13?,14?,16?,18-,19-/m0/s1. The van der Waals surface area contributed by atoms with E-state index in [1.165, 1.54) is 48.6 Å². The van der Waals surface area contributed by atoms with Crippen LogP contribution in [0.2, 0.25) is 0 Å². The van der Waals surface area contributed by atoms with Gasteiger partial charge in [-0.25, -0.2) is 0 Å². The van der Waals surface area contributed by atoms with Crippen molar-refractivity contribution >= 4 is 10.9 Å². The first-order valence-corrected chi connectivity index (χ1v) is 8.81. The number of nitrogens with one attached hydrogen (secondary N) is 1. The number of nitrogens with zero attached hydrogens (tertiary/aromatic N) is 1. The zero-order valence-corrected chi connectivity index (χ0v) is 13.2. The zero-order chi connectivity index (χ0) is 14.9. The van der Waals surface area contributed by atoms with Crippen molar-refractivity contribution in [3.05, 3.63) is 29.5 Å². The van der Waals surface area contributed by atoms with Crippen LogP contribution in [-0.2, 0) is 6.42 Å². The molecule has 1 aromatic carbocycles. The van der Waals surface area contributed by atoms with Gasteiger partial charge < -0.3 is 5.11 Å². The summed E-state index contributed by atoms with van der Waals surface area (Å²) in [5.74, 6) is 2.19. The fraction of sp³-hybridized carbons (Fsp3) is 0.632. The van der Waals surface area contributed by atoms with Crippen molar-refractivity contribution in [3.8, 4) is 0 Å². The molecule has 2 aromatic rings. The summed E-state index contributed by atoms with van der Waals surface area (Å²) in [5.41, 5.74) is 4.47. The number of aliphatic hydroxyl groups is 1. The number of aromatic nitrogens is 2. The van der Waals surface area contributed by atoms with E-state index in [2.05, 4.69) is 29.3 Å². The van der Waals surface area contributed by atoms with E-state index in [-0.39, 0.29) is 11.5 Å². The number of benzene rings is 1. The lowest BCUT2D eigenvalue weighted by molar-refractivity contribution is -0.0225. The van der Waals surface area contributed by atoms with Gasteiger partial charge in [0.05, 0.1) is 17.8 Å². The summed E-state index contributed by atoms with van der Waals surface area (Å²) in [6.45, 7) is 2.35. The summed E-state index contributed by atoms with van der Waals surface area (Å²) in [6, 6.07) is 4.56. The number of hydrogen-bond acceptors (Lipinski definition) is 2. The monoisotopic (exact) mass is 296 g/mol. The van der Waals surface area contributed by atoms with Gasteiger partial charge in [-0.1, -0.05) is 13.0 Å². The molecule has 2 fully saturated rings. The van der Waals surface area contributed by atoms with Crippen LogP contribution in [0.25, 0.3) is 10.9 Å². The minimum Gasteiger partial charge on any atom is -0.393 e. The van der Waals surface area contributed by atoms with Gasteiger partial charge in [0.15, 0.2) is 0 Å². The second-order valence-electron chi connectivity index (χ2n) is 8.02. The molecular weight excluding hydrogens is 272 g/mol. The topological polar surface area (TPSA) is 48.9 Å². The van der Waals surface area contributed by atoms with Crippen LogP contribution in [0.4, 0.5) is 0 Å². The minimum absolute atomic E-state index is 0.0730. The summed E-state index contributed by atoms with van der Waals surface area (Å²) in [7, 11) is 0. The number of aromatic amines is 1. The first-order chi connectivity index (χ1) is 10.7. The number of hydrogen-bond donors (Lipinski definition) is 2. The molecule has 3 heteroatoms. The molecule has 3 aliphatic carbocycles. The van der Waals surface area contributed by atoms with E-state index in [1.807, 2.05) is 6.20 Å². The molecule has 5 atom stereocenters. The SMILES string of the molecule is C[C@]12CCC3c4ccc5[nH]ncc5c4CCC3C1CC[C@@H]2O. The normalized spacial score (nSPS) is 40.3. The highest BCUT2D eigenvalue weighted by molar-refractivity contribution is 5.83. The number of fused-ring (bicyclic) bond motifs is 7. The van der Waals surface area contributed by atoms with E-state index in [9.17, 15) is 5.11 Å². The van der Waals surface area contributed by atoms with Crippen LogP contribution in [0.15, 0.2) is 18.3 Å². The van der Waals surface area contributed by atoms with Gasteiger partial charge in [-0.3, -0.25) is 5.10 Å². The molecule has 5 rings (SSSR count). The molecule has 0 bridgehead atoms. The molecule has 1 aromatic heterocycles. The highest BCUT2D eigenvalue weighted by atomic mass is 16.3. The minimum atomic E-state index is -0.0730. The van der Waals surface area contributed by atoms with Crippen LogP contribution < -0.4 is 0 Å². The van der Waals surface area contributed by atoms with Crippen molar-refractivity contribution in [3.63, 3.8) is 0 Å². The molecule has 0 spiro atoms. The first kappa shape index (κ1) is 13.1. The molecule has 0 amide bonds. The van der Waals surface area contributed by atoms with Gasteiger partial charge in [-0.05, 0) is 78.9 Å². The van der Waals surface area contributed by atoms with Gasteiger partial charge in [-0.15, -0.1) is 0 Å². The van der Waals surface area contributed by atoms with E-state index in [0.29, 0.717) is 5.92 Å². The van der Waals surface area contributed by atoms with Crippen LogP contribution >= 0.6 is 0 Å². The van der Waals surface area contributed by atoms with E-state index >= 15 is 0 Å². The fourth-order valence-corrected chi connectivity index (χ4v) is 6.08. The highest BCUT2D eigenvalue weighted by Crippen LogP contribution is 2.61. The Morgan fingerprint density at radius 1 is 1.23 bits per heavy atom. The number of H-pyrrole nitrogens is 1. The maximum absolute atomic E-state index is 10.5. The lowest BCUT2D eigenvalue weighted by atomic mass is 9.55. The Labute approximate surface area is 131 Å². The van der Waals surface area contributed by atoms with Crippen LogP contribution in [0.1, 0.15) is 56.1 Å². The smallest absolute Gasteiger partial charge is 0.0653 e. The van der Waals surface area contributed by atoms with E-state index in [0.717, 1.165) is 18.3 Å². The molecule has 0 radical (unpaired) electrons. The summed E-state index contributed by atoms with van der Waals surface area (Å²) in [5, 5.41) is 19.1. The Kier molecular flexibility index (Phi) is 2.59. The van der Waals surface area contributed by atoms with E-state index in [4.69, 9.17) is 0 Å². The molecule has 3 aliphatic rings. The van der Waals surface area contributed by atoms with E-state index in [1.54, 1.807) is 5.56 Å². The fourth-order valence-electron chi connectivity index (χ4n) is 6.08. The molecule has 0 aliphatic heterocycles. The van der Waals surface area contributed by atoms with Crippen LogP contribution in [0, 0.1) is 17.3 Å². The van der Waals surface area contributed by atoms with Crippen LogP contribution in [-0.4, -0.2) is 21.4 Å². The molecule has 3 unspecified atom stereocenters. The van der Waals surface area contributed by atoms with Gasteiger partial charge in [0.2, 0.25) is 0 Å². The Hall–Kier alpha value is -1.35. The molecule has 2 saturated carbocycles. The third-order valence-electron chi connectivity index (χ3n) is 7.29.